The van der Waals surface area contributed by atoms with E-state index in [0.717, 1.165) is 19.3 Å². The van der Waals surface area contributed by atoms with Gasteiger partial charge in [-0.25, -0.2) is 0 Å². The number of nitrogens with two attached hydrogens (primary N) is 1. The third-order valence-electron chi connectivity index (χ3n) is 0.984. The van der Waals surface area contributed by atoms with Gasteiger partial charge in [-0.05, 0) is 12.8 Å². The van der Waals surface area contributed by atoms with Crippen molar-refractivity contribution in [3.05, 3.63) is 0 Å². The second-order valence-corrected chi connectivity index (χ2v) is 2.15. The average Bonchev–Trinajstić information content (AvgIpc) is 1.86. The van der Waals surface area contributed by atoms with Crippen molar-refractivity contribution >= 4 is 12.1 Å². The number of unbranched alkanes of at least 4 members (excludes halogenated alkanes) is 2. The van der Waals surface area contributed by atoms with Gasteiger partial charge >= 0.3 is 59.1 Å². The number of carboxylic acids is 1. The van der Waals surface area contributed by atoms with Crippen molar-refractivity contribution in [3.8, 4) is 0 Å². The maximum Gasteiger partial charge on any atom is 1.00 e. The van der Waals surface area contributed by atoms with Crippen molar-refractivity contribution in [1.29, 1.82) is 0 Å². The van der Waals surface area contributed by atoms with Crippen molar-refractivity contribution in [2.24, 2.45) is 5.73 Å². The minimum Gasteiger partial charge on any atom is -0.550 e. The predicted molar refractivity (Wildman–Crippen MR) is 38.7 cm³/mol. The van der Waals surface area contributed by atoms with Gasteiger partial charge < -0.3 is 25.5 Å². The van der Waals surface area contributed by atoms with E-state index in [1.54, 1.807) is 0 Å². The molecule has 0 radical (unpaired) electrons. The maximum absolute atomic E-state index is 9.76. The number of aliphatic carboxylic acids is 1. The van der Waals surface area contributed by atoms with Gasteiger partial charge in [0.15, 0.2) is 0 Å². The van der Waals surface area contributed by atoms with Gasteiger partial charge in [0, 0.05) is 5.97 Å². The average molecular weight is 221 g/mol. The van der Waals surface area contributed by atoms with Crippen LogP contribution < -0.4 is 75.1 Å². The van der Waals surface area contributed by atoms with Gasteiger partial charge in [-0.1, -0.05) is 19.8 Å². The molecule has 0 aromatic heterocycles. The van der Waals surface area contributed by atoms with Gasteiger partial charge in [0.05, 0.1) is 0 Å². The molecule has 0 rings (SSSR count). The van der Waals surface area contributed by atoms with Crippen molar-refractivity contribution in [2.45, 2.75) is 32.6 Å². The molecule has 72 valence electrons. The summed E-state index contributed by atoms with van der Waals surface area (Å²) in [7, 11) is 0. The van der Waals surface area contributed by atoms with Crippen LogP contribution in [0.5, 0.6) is 0 Å². The summed E-state index contributed by atoms with van der Waals surface area (Å²) in [6, 6.07) is 0. The normalized spacial score (nSPS) is 6.93. The second-order valence-electron chi connectivity index (χ2n) is 2.15. The number of carbonyl (C=O) groups excluding carboxylic acids is 2. The fourth-order valence-electron chi connectivity index (χ4n) is 0.519. The third-order valence-corrected chi connectivity index (χ3v) is 0.984. The standard InChI is InChI=1S/C6H12O2.CH3NO2.2Na/c1-2-3-4-5-6(7)8;2-1(3)4;;/h2-5H2,1H3,(H,7,8);2H2,(H,3,4);;/q;;2*+1/p-2. The van der Waals surface area contributed by atoms with E-state index in [4.69, 9.17) is 9.90 Å². The largest absolute Gasteiger partial charge is 1.00 e. The molecule has 0 unspecified atom stereocenters. The van der Waals surface area contributed by atoms with E-state index in [2.05, 4.69) is 5.73 Å². The number of hydrogen-bond acceptors (Lipinski definition) is 4. The Balaban J connectivity index is -0.0000000733. The van der Waals surface area contributed by atoms with Gasteiger partial charge in [-0.2, -0.15) is 0 Å². The first kappa shape index (κ1) is 24.1. The van der Waals surface area contributed by atoms with Gasteiger partial charge in [0.1, 0.15) is 6.09 Å². The molecule has 0 atom stereocenters. The van der Waals surface area contributed by atoms with Crippen molar-refractivity contribution in [1.82, 2.24) is 0 Å². The number of rotatable bonds is 4. The van der Waals surface area contributed by atoms with Gasteiger partial charge in [0.2, 0.25) is 0 Å². The van der Waals surface area contributed by atoms with Crippen LogP contribution in [-0.4, -0.2) is 12.1 Å². The Bertz CT molecular complexity index is 140. The van der Waals surface area contributed by atoms with Crippen LogP contribution in [0.25, 0.3) is 0 Å². The topological polar surface area (TPSA) is 106 Å². The molecule has 0 heterocycles. The summed E-state index contributed by atoms with van der Waals surface area (Å²) in [5.74, 6) is -0.932. The van der Waals surface area contributed by atoms with E-state index in [0.29, 0.717) is 0 Å². The molecule has 2 N–H and O–H groups in total. The van der Waals surface area contributed by atoms with E-state index in [1.165, 1.54) is 0 Å². The molecule has 0 bridgehead atoms. The molecule has 0 saturated heterocycles. The Morgan fingerprint density at radius 1 is 1.14 bits per heavy atom. The molecule has 1 amide bonds. The quantitative estimate of drug-likeness (QED) is 0.376. The van der Waals surface area contributed by atoms with Crippen LogP contribution in [0, 0.1) is 0 Å². The first-order valence-corrected chi connectivity index (χ1v) is 3.67. The summed E-state index contributed by atoms with van der Waals surface area (Å²) in [5.41, 5.74) is 3.92. The predicted octanol–water partition coefficient (Wildman–Crippen LogP) is -7.39. The zero-order valence-electron chi connectivity index (χ0n) is 9.04. The van der Waals surface area contributed by atoms with Crippen LogP contribution in [0.1, 0.15) is 32.6 Å². The third kappa shape index (κ3) is 53.3. The van der Waals surface area contributed by atoms with E-state index < -0.39 is 12.1 Å². The van der Waals surface area contributed by atoms with Crippen molar-refractivity contribution in [3.63, 3.8) is 0 Å². The Morgan fingerprint density at radius 2 is 1.50 bits per heavy atom. The zero-order valence-corrected chi connectivity index (χ0v) is 13.0. The summed E-state index contributed by atoms with van der Waals surface area (Å²) in [6.07, 6.45) is 1.45. The molecule has 0 aliphatic heterocycles. The Labute approximate surface area is 128 Å². The molecular formula is C7H13NNa2O4. The van der Waals surface area contributed by atoms with Crippen LogP contribution >= 0.6 is 0 Å². The summed E-state index contributed by atoms with van der Waals surface area (Å²) in [5, 5.41) is 18.4. The summed E-state index contributed by atoms with van der Waals surface area (Å²) >= 11 is 0. The van der Waals surface area contributed by atoms with Crippen molar-refractivity contribution < 1.29 is 78.9 Å². The van der Waals surface area contributed by atoms with E-state index >= 15 is 0 Å². The van der Waals surface area contributed by atoms with Gasteiger partial charge in [-0.3, -0.25) is 0 Å². The molecule has 0 aliphatic rings. The van der Waals surface area contributed by atoms with Gasteiger partial charge in [-0.15, -0.1) is 0 Å². The number of hydrogen-bond donors (Lipinski definition) is 1. The van der Waals surface area contributed by atoms with Gasteiger partial charge in [0.25, 0.3) is 0 Å². The monoisotopic (exact) mass is 221 g/mol. The number of carbonyl (C=O) groups is 2. The van der Waals surface area contributed by atoms with Crippen LogP contribution in [0.4, 0.5) is 4.79 Å². The summed E-state index contributed by atoms with van der Waals surface area (Å²) < 4.78 is 0. The van der Waals surface area contributed by atoms with Crippen LogP contribution in [-0.2, 0) is 4.79 Å². The fourth-order valence-corrected chi connectivity index (χ4v) is 0.519. The Morgan fingerprint density at radius 3 is 1.71 bits per heavy atom. The summed E-state index contributed by atoms with van der Waals surface area (Å²) in [6.45, 7) is 2.04. The second kappa shape index (κ2) is 19.3. The first-order valence-electron chi connectivity index (χ1n) is 3.67. The van der Waals surface area contributed by atoms with E-state index in [-0.39, 0.29) is 65.5 Å². The molecule has 5 nitrogen and oxygen atoms in total. The minimum atomic E-state index is -1.58. The number of carboxylic acid groups (broad SMARTS) is 2. The van der Waals surface area contributed by atoms with Crippen LogP contribution in [0.15, 0.2) is 0 Å². The molecule has 0 aliphatic carbocycles. The zero-order chi connectivity index (χ0) is 9.98. The molecule has 0 aromatic rings. The first-order chi connectivity index (χ1) is 5.50. The van der Waals surface area contributed by atoms with Crippen molar-refractivity contribution in [2.75, 3.05) is 0 Å². The number of primary amides is 1. The Hall–Kier alpha value is 0.740. The molecule has 0 saturated carbocycles. The molecular weight excluding hydrogens is 208 g/mol. The fraction of sp³-hybridized carbons (Fsp3) is 0.714. The van der Waals surface area contributed by atoms with E-state index in [9.17, 15) is 9.90 Å². The molecule has 0 spiro atoms. The Kier molecular flexibility index (Phi) is 33.3. The van der Waals surface area contributed by atoms with Crippen LogP contribution in [0.2, 0.25) is 0 Å². The van der Waals surface area contributed by atoms with E-state index in [1.807, 2.05) is 6.92 Å². The maximum atomic E-state index is 9.76. The molecule has 0 aromatic carbocycles. The smallest absolute Gasteiger partial charge is 0.550 e. The summed E-state index contributed by atoms with van der Waals surface area (Å²) in [4.78, 5) is 18.4. The van der Waals surface area contributed by atoms with Crippen LogP contribution in [0.3, 0.4) is 0 Å². The SMILES string of the molecule is CCCCCC(=O)[O-].NC(=O)[O-].[Na+].[Na+]. The molecule has 0 fully saturated rings. The molecule has 14 heavy (non-hydrogen) atoms. The minimum absolute atomic E-state index is 0. The molecule has 7 heteroatoms. The number of amides is 1.